The van der Waals surface area contributed by atoms with E-state index in [-0.39, 0.29) is 6.10 Å². The number of fused-ring (bicyclic) bond motifs is 1. The van der Waals surface area contributed by atoms with E-state index in [1.165, 1.54) is 22.3 Å². The van der Waals surface area contributed by atoms with Crippen molar-refractivity contribution in [3.8, 4) is 11.1 Å². The van der Waals surface area contributed by atoms with Crippen molar-refractivity contribution in [2.75, 3.05) is 29.9 Å². The van der Waals surface area contributed by atoms with Gasteiger partial charge in [-0.05, 0) is 48.1 Å². The van der Waals surface area contributed by atoms with Gasteiger partial charge in [-0.3, -0.25) is 0 Å². The summed E-state index contributed by atoms with van der Waals surface area (Å²) in [5.41, 5.74) is 4.97. The van der Waals surface area contributed by atoms with Gasteiger partial charge in [-0.15, -0.1) is 0 Å². The van der Waals surface area contributed by atoms with Crippen LogP contribution in [0.15, 0.2) is 73.1 Å². The molecule has 1 N–H and O–H groups in total. The molecule has 162 valence electrons. The molecule has 32 heavy (non-hydrogen) atoms. The maximum absolute atomic E-state index is 5.66. The molecule has 3 heterocycles. The zero-order valence-electron chi connectivity index (χ0n) is 18.6. The van der Waals surface area contributed by atoms with Crippen LogP contribution in [0.1, 0.15) is 18.1 Å². The summed E-state index contributed by atoms with van der Waals surface area (Å²) in [6.45, 7) is 7.42. The first kappa shape index (κ1) is 20.5. The first-order chi connectivity index (χ1) is 15.7. The summed E-state index contributed by atoms with van der Waals surface area (Å²) in [6, 6.07) is 21.5. The lowest BCUT2D eigenvalue weighted by atomic mass is 10.0. The van der Waals surface area contributed by atoms with Crippen LogP contribution in [-0.2, 0) is 11.3 Å². The second-order valence-corrected chi connectivity index (χ2v) is 8.47. The van der Waals surface area contributed by atoms with Gasteiger partial charge in [-0.1, -0.05) is 54.1 Å². The average Bonchev–Trinajstić information content (AvgIpc) is 2.82. The lowest BCUT2D eigenvalue weighted by molar-refractivity contribution is 0.0529. The standard InChI is InChI=1S/C27H28N4O/c1-19-4-3-5-23(14-19)22-8-6-21(7-9-22)16-30-27-25-17-29-26(15-24(25)10-11-28-27)31-12-13-32-20(2)18-31/h3-11,14-15,17,20H,12-13,16,18H2,1-2H3,(H,28,30)/t20-/m1/s1. The maximum Gasteiger partial charge on any atom is 0.135 e. The van der Waals surface area contributed by atoms with Gasteiger partial charge in [-0.2, -0.15) is 0 Å². The molecule has 1 saturated heterocycles. The monoisotopic (exact) mass is 424 g/mol. The van der Waals surface area contributed by atoms with Crippen molar-refractivity contribution >= 4 is 22.4 Å². The molecule has 0 radical (unpaired) electrons. The SMILES string of the molecule is Cc1cccc(-c2ccc(CNc3nccc4cc(N5CCO[C@H](C)C5)ncc34)cc2)c1. The summed E-state index contributed by atoms with van der Waals surface area (Å²) in [6.07, 6.45) is 4.02. The topological polar surface area (TPSA) is 50.3 Å². The van der Waals surface area contributed by atoms with Crippen LogP contribution in [0.5, 0.6) is 0 Å². The smallest absolute Gasteiger partial charge is 0.135 e. The van der Waals surface area contributed by atoms with Gasteiger partial charge in [0.2, 0.25) is 0 Å². The average molecular weight is 425 g/mol. The van der Waals surface area contributed by atoms with Crippen LogP contribution in [0.3, 0.4) is 0 Å². The normalized spacial score (nSPS) is 16.3. The number of morpholine rings is 1. The lowest BCUT2D eigenvalue weighted by Gasteiger charge is -2.32. The quantitative estimate of drug-likeness (QED) is 0.462. The highest BCUT2D eigenvalue weighted by molar-refractivity contribution is 5.92. The number of nitrogens with one attached hydrogen (secondary N) is 1. The third kappa shape index (κ3) is 4.43. The number of aryl methyl sites for hydroxylation is 1. The largest absolute Gasteiger partial charge is 0.375 e. The number of hydrogen-bond donors (Lipinski definition) is 1. The van der Waals surface area contributed by atoms with Crippen molar-refractivity contribution in [3.63, 3.8) is 0 Å². The Balaban J connectivity index is 1.31. The molecule has 0 aliphatic carbocycles. The Morgan fingerprint density at radius 2 is 1.91 bits per heavy atom. The predicted octanol–water partition coefficient (Wildman–Crippen LogP) is 5.44. The molecule has 1 fully saturated rings. The van der Waals surface area contributed by atoms with E-state index in [9.17, 15) is 0 Å². The molecule has 2 aromatic carbocycles. The number of aromatic nitrogens is 2. The molecule has 5 rings (SSSR count). The lowest BCUT2D eigenvalue weighted by Crippen LogP contribution is -2.41. The van der Waals surface area contributed by atoms with Crippen molar-refractivity contribution in [3.05, 3.63) is 84.2 Å². The predicted molar refractivity (Wildman–Crippen MR) is 131 cm³/mol. The van der Waals surface area contributed by atoms with Gasteiger partial charge in [0.1, 0.15) is 11.6 Å². The van der Waals surface area contributed by atoms with Gasteiger partial charge in [0.25, 0.3) is 0 Å². The van der Waals surface area contributed by atoms with Gasteiger partial charge in [0, 0.05) is 37.4 Å². The minimum atomic E-state index is 0.230. The van der Waals surface area contributed by atoms with E-state index >= 15 is 0 Å². The Labute approximate surface area is 189 Å². The highest BCUT2D eigenvalue weighted by Crippen LogP contribution is 2.26. The minimum Gasteiger partial charge on any atom is -0.375 e. The van der Waals surface area contributed by atoms with Gasteiger partial charge in [-0.25, -0.2) is 9.97 Å². The van der Waals surface area contributed by atoms with Crippen molar-refractivity contribution in [1.29, 1.82) is 0 Å². The zero-order valence-corrected chi connectivity index (χ0v) is 18.6. The van der Waals surface area contributed by atoms with Crippen LogP contribution < -0.4 is 10.2 Å². The molecule has 5 nitrogen and oxygen atoms in total. The molecule has 0 bridgehead atoms. The van der Waals surface area contributed by atoms with E-state index < -0.39 is 0 Å². The number of nitrogens with zero attached hydrogens (tertiary/aromatic N) is 3. The summed E-state index contributed by atoms with van der Waals surface area (Å²) in [5, 5.41) is 5.67. The summed E-state index contributed by atoms with van der Waals surface area (Å²) in [7, 11) is 0. The first-order valence-electron chi connectivity index (χ1n) is 11.2. The van der Waals surface area contributed by atoms with Crippen LogP contribution in [-0.4, -0.2) is 35.8 Å². The maximum atomic E-state index is 5.66. The van der Waals surface area contributed by atoms with Gasteiger partial charge in [0.05, 0.1) is 12.7 Å². The third-order valence-electron chi connectivity index (χ3n) is 5.96. The minimum absolute atomic E-state index is 0.230. The fourth-order valence-corrected chi connectivity index (χ4v) is 4.22. The molecular formula is C27H28N4O. The first-order valence-corrected chi connectivity index (χ1v) is 11.2. The molecule has 1 atom stereocenters. The Hall–Kier alpha value is -3.44. The Morgan fingerprint density at radius 1 is 1.03 bits per heavy atom. The van der Waals surface area contributed by atoms with E-state index in [0.29, 0.717) is 6.54 Å². The Morgan fingerprint density at radius 3 is 2.72 bits per heavy atom. The van der Waals surface area contributed by atoms with Gasteiger partial charge >= 0.3 is 0 Å². The molecule has 2 aromatic heterocycles. The van der Waals surface area contributed by atoms with Crippen LogP contribution in [0.25, 0.3) is 21.9 Å². The van der Waals surface area contributed by atoms with Crippen LogP contribution in [0.2, 0.25) is 0 Å². The number of hydrogen-bond acceptors (Lipinski definition) is 5. The molecule has 0 unspecified atom stereocenters. The van der Waals surface area contributed by atoms with E-state index in [1.54, 1.807) is 0 Å². The van der Waals surface area contributed by atoms with E-state index in [2.05, 4.69) is 83.6 Å². The van der Waals surface area contributed by atoms with Crippen LogP contribution >= 0.6 is 0 Å². The number of pyridine rings is 2. The number of ether oxygens (including phenoxy) is 1. The van der Waals surface area contributed by atoms with Crippen molar-refractivity contribution in [2.45, 2.75) is 26.5 Å². The molecule has 4 aromatic rings. The fraction of sp³-hybridized carbons (Fsp3) is 0.259. The van der Waals surface area contributed by atoms with E-state index in [4.69, 9.17) is 9.72 Å². The second-order valence-electron chi connectivity index (χ2n) is 8.47. The summed E-state index contributed by atoms with van der Waals surface area (Å²) in [5.74, 6) is 1.86. The fourth-order valence-electron chi connectivity index (χ4n) is 4.22. The second kappa shape index (κ2) is 8.97. The van der Waals surface area contributed by atoms with Crippen molar-refractivity contribution in [2.24, 2.45) is 0 Å². The molecule has 0 saturated carbocycles. The third-order valence-corrected chi connectivity index (χ3v) is 5.96. The molecule has 0 amide bonds. The number of benzene rings is 2. The Kier molecular flexibility index (Phi) is 5.73. The van der Waals surface area contributed by atoms with Crippen LogP contribution in [0.4, 0.5) is 11.6 Å². The van der Waals surface area contributed by atoms with Crippen LogP contribution in [0, 0.1) is 6.92 Å². The summed E-state index contributed by atoms with van der Waals surface area (Å²) in [4.78, 5) is 11.6. The zero-order chi connectivity index (χ0) is 21.9. The van der Waals surface area contributed by atoms with Crippen molar-refractivity contribution in [1.82, 2.24) is 9.97 Å². The molecule has 0 spiro atoms. The highest BCUT2D eigenvalue weighted by atomic mass is 16.5. The summed E-state index contributed by atoms with van der Waals surface area (Å²) >= 11 is 0. The number of rotatable bonds is 5. The van der Waals surface area contributed by atoms with E-state index in [1.807, 2.05) is 18.5 Å². The molecule has 1 aliphatic heterocycles. The molecule has 1 aliphatic rings. The van der Waals surface area contributed by atoms with Gasteiger partial charge in [0.15, 0.2) is 0 Å². The van der Waals surface area contributed by atoms with Gasteiger partial charge < -0.3 is 15.0 Å². The Bertz CT molecular complexity index is 1220. The van der Waals surface area contributed by atoms with Crippen molar-refractivity contribution < 1.29 is 4.74 Å². The molecule has 5 heteroatoms. The number of anilines is 2. The highest BCUT2D eigenvalue weighted by Gasteiger charge is 2.18. The van der Waals surface area contributed by atoms with E-state index in [0.717, 1.165) is 42.1 Å². The summed E-state index contributed by atoms with van der Waals surface area (Å²) < 4.78 is 5.66. The molecular weight excluding hydrogens is 396 g/mol.